The highest BCUT2D eigenvalue weighted by atomic mass is 16.5. The molecule has 0 amide bonds. The molecule has 0 aliphatic heterocycles. The number of hydrogen-bond acceptors (Lipinski definition) is 10. The monoisotopic (exact) mass is 476 g/mol. The predicted molar refractivity (Wildman–Crippen MR) is 120 cm³/mol. The van der Waals surface area contributed by atoms with E-state index in [4.69, 9.17) is 4.74 Å². The molecule has 3 rings (SSSR count). The van der Waals surface area contributed by atoms with Gasteiger partial charge in [-0.05, 0) is 0 Å². The van der Waals surface area contributed by atoms with Gasteiger partial charge in [-0.15, -0.1) is 16.8 Å². The highest BCUT2D eigenvalue weighted by Gasteiger charge is 2.22. The molecule has 15 heteroatoms. The average molecular weight is 476 g/mol. The van der Waals surface area contributed by atoms with Crippen molar-refractivity contribution in [2.45, 2.75) is 12.6 Å². The Morgan fingerprint density at radius 1 is 1.00 bits per heavy atom. The second kappa shape index (κ2) is 9.40. The molecule has 0 bridgehead atoms. The molecule has 0 unspecified atom stereocenters. The first-order chi connectivity index (χ1) is 16.0. The minimum Gasteiger partial charge on any atom is -0.493 e. The lowest BCUT2D eigenvalue weighted by atomic mass is 10.3. The average Bonchev–Trinajstić information content (AvgIpc) is 3.17. The molecule has 182 valence electrons. The Balaban J connectivity index is 2.22. The molecule has 0 spiro atoms. The lowest BCUT2D eigenvalue weighted by molar-refractivity contribution is 0.0404. The highest BCUT2D eigenvalue weighted by molar-refractivity contribution is 5.73. The van der Waals surface area contributed by atoms with Crippen LogP contribution in [0.2, 0.25) is 0 Å². The molecule has 0 aromatic carbocycles. The van der Waals surface area contributed by atoms with Crippen molar-refractivity contribution in [1.82, 2.24) is 27.8 Å². The van der Waals surface area contributed by atoms with Gasteiger partial charge < -0.3 is 14.9 Å². The topological polar surface area (TPSA) is 180 Å². The number of fused-ring (bicyclic) bond motifs is 1. The minimum absolute atomic E-state index is 0.0288. The number of aromatic hydroxyl groups is 1. The van der Waals surface area contributed by atoms with Crippen LogP contribution >= 0.6 is 0 Å². The zero-order chi connectivity index (χ0) is 25.3. The maximum Gasteiger partial charge on any atom is 0.333 e. The van der Waals surface area contributed by atoms with Gasteiger partial charge in [0.05, 0.1) is 25.9 Å². The summed E-state index contributed by atoms with van der Waals surface area (Å²) in [5.74, 6) is -0.952. The first-order valence-corrected chi connectivity index (χ1v) is 9.94. The van der Waals surface area contributed by atoms with Crippen LogP contribution in [0, 0.1) is 0 Å². The van der Waals surface area contributed by atoms with Gasteiger partial charge in [-0.3, -0.25) is 32.4 Å². The van der Waals surface area contributed by atoms with Crippen LogP contribution in [0.15, 0.2) is 42.1 Å². The zero-order valence-corrected chi connectivity index (χ0v) is 19.0. The van der Waals surface area contributed by atoms with Crippen LogP contribution in [0.4, 0.5) is 11.6 Å². The fourth-order valence-corrected chi connectivity index (χ4v) is 3.23. The van der Waals surface area contributed by atoms with Gasteiger partial charge in [0.15, 0.2) is 11.2 Å². The number of hydrogen-bond donors (Lipinski definition) is 2. The number of aliphatic hydroxyl groups excluding tert-OH is 1. The van der Waals surface area contributed by atoms with E-state index >= 15 is 0 Å². The summed E-state index contributed by atoms with van der Waals surface area (Å²) < 4.78 is 9.99. The largest absolute Gasteiger partial charge is 0.493 e. The molecule has 15 nitrogen and oxygen atoms in total. The van der Waals surface area contributed by atoms with E-state index in [-0.39, 0.29) is 36.9 Å². The molecule has 0 aliphatic carbocycles. The van der Waals surface area contributed by atoms with E-state index in [0.29, 0.717) is 0 Å². The maximum absolute atomic E-state index is 12.8. The van der Waals surface area contributed by atoms with Crippen molar-refractivity contribution >= 4 is 22.8 Å². The quantitative estimate of drug-likeness (QED) is 0.224. The van der Waals surface area contributed by atoms with Crippen LogP contribution in [0.5, 0.6) is 5.88 Å². The lowest BCUT2D eigenvalue weighted by Gasteiger charge is -2.13. The summed E-state index contributed by atoms with van der Waals surface area (Å²) in [5.41, 5.74) is -3.61. The van der Waals surface area contributed by atoms with Gasteiger partial charge in [0.1, 0.15) is 0 Å². The Kier molecular flexibility index (Phi) is 6.78. The number of nitrogens with zero attached hydrogens (tertiary/aromatic N) is 8. The minimum atomic E-state index is -1.10. The molecule has 0 saturated carbocycles. The van der Waals surface area contributed by atoms with Crippen LogP contribution in [-0.2, 0) is 39.5 Å². The summed E-state index contributed by atoms with van der Waals surface area (Å²) in [6.45, 7) is 3.40. The predicted octanol–water partition coefficient (Wildman–Crippen LogP) is -1.48. The van der Waals surface area contributed by atoms with E-state index in [2.05, 4.69) is 21.8 Å². The molecular weight excluding hydrogens is 452 g/mol. The van der Waals surface area contributed by atoms with Crippen molar-refractivity contribution in [2.75, 3.05) is 13.2 Å². The molecular formula is C19H24N8O7. The Bertz CT molecular complexity index is 1540. The van der Waals surface area contributed by atoms with Crippen molar-refractivity contribution in [1.29, 1.82) is 0 Å². The molecule has 0 radical (unpaired) electrons. The number of aryl methyl sites for hydroxylation is 1. The third kappa shape index (κ3) is 4.13. The normalized spacial score (nSPS) is 12.6. The van der Waals surface area contributed by atoms with E-state index < -0.39 is 40.2 Å². The maximum atomic E-state index is 12.8. The second-order valence-electron chi connectivity index (χ2n) is 7.46. The van der Waals surface area contributed by atoms with Crippen LogP contribution in [0.1, 0.15) is 0 Å². The molecule has 34 heavy (non-hydrogen) atoms. The molecule has 2 N–H and O–H groups in total. The van der Waals surface area contributed by atoms with Crippen molar-refractivity contribution in [3.63, 3.8) is 0 Å². The lowest BCUT2D eigenvalue weighted by Crippen LogP contribution is -2.38. The summed E-state index contributed by atoms with van der Waals surface area (Å²) >= 11 is 0. The number of imidazole rings is 1. The third-order valence-corrected chi connectivity index (χ3v) is 5.12. The smallest absolute Gasteiger partial charge is 0.333 e. The SMILES string of the molecule is C=CCOC[C@H](O)Cn1c(N=Nc2c(O)n(C)c(=O)n(C)c2=O)nc2c1c(=O)n(C)c(=O)n2C. The fourth-order valence-electron chi connectivity index (χ4n) is 3.23. The van der Waals surface area contributed by atoms with Gasteiger partial charge in [-0.25, -0.2) is 9.59 Å². The number of ether oxygens (including phenoxy) is 1. The molecule has 0 saturated heterocycles. The van der Waals surface area contributed by atoms with Gasteiger partial charge in [0.2, 0.25) is 11.6 Å². The molecule has 3 aromatic heterocycles. The van der Waals surface area contributed by atoms with Crippen LogP contribution in [0.25, 0.3) is 11.2 Å². The van der Waals surface area contributed by atoms with Gasteiger partial charge in [-0.1, -0.05) is 6.08 Å². The van der Waals surface area contributed by atoms with Crippen molar-refractivity contribution < 1.29 is 14.9 Å². The summed E-state index contributed by atoms with van der Waals surface area (Å²) in [7, 11) is 5.14. The Morgan fingerprint density at radius 2 is 1.62 bits per heavy atom. The van der Waals surface area contributed by atoms with E-state index in [9.17, 15) is 29.4 Å². The van der Waals surface area contributed by atoms with Gasteiger partial charge in [0.25, 0.3) is 17.1 Å². The van der Waals surface area contributed by atoms with Crippen molar-refractivity contribution in [3.8, 4) is 5.88 Å². The molecule has 3 heterocycles. The van der Waals surface area contributed by atoms with Crippen molar-refractivity contribution in [2.24, 2.45) is 38.4 Å². The standard InChI is InChI=1S/C19H24N8O7/c1-6-7-34-9-10(28)8-27-12-13(23(2)18(32)26(5)16(12)31)20-17(27)22-21-11-14(29)24(3)19(33)25(4)15(11)30/h6,10,28-29H,1,7-9H2,2-5H3/t10-/m1/s1. The number of rotatable bonds is 8. The van der Waals surface area contributed by atoms with E-state index in [1.807, 2.05) is 0 Å². The van der Waals surface area contributed by atoms with E-state index in [1.54, 1.807) is 0 Å². The summed E-state index contributed by atoms with van der Waals surface area (Å²) in [6, 6.07) is 0. The number of aromatic nitrogens is 6. The zero-order valence-electron chi connectivity index (χ0n) is 19.0. The Labute approximate surface area is 190 Å². The molecule has 1 atom stereocenters. The summed E-state index contributed by atoms with van der Waals surface area (Å²) in [4.78, 5) is 53.7. The third-order valence-electron chi connectivity index (χ3n) is 5.12. The van der Waals surface area contributed by atoms with Crippen LogP contribution < -0.4 is 22.5 Å². The van der Waals surface area contributed by atoms with E-state index in [0.717, 1.165) is 18.3 Å². The number of azo groups is 1. The van der Waals surface area contributed by atoms with Crippen molar-refractivity contribution in [3.05, 3.63) is 54.3 Å². The second-order valence-corrected chi connectivity index (χ2v) is 7.46. The van der Waals surface area contributed by atoms with Crippen LogP contribution in [0.3, 0.4) is 0 Å². The summed E-state index contributed by atoms with van der Waals surface area (Å²) in [5, 5.41) is 28.3. The highest BCUT2D eigenvalue weighted by Crippen LogP contribution is 2.24. The first kappa shape index (κ1) is 24.5. The Hall–Kier alpha value is -4.11. The van der Waals surface area contributed by atoms with Gasteiger partial charge in [-0.2, -0.15) is 4.98 Å². The van der Waals surface area contributed by atoms with E-state index in [1.165, 1.54) is 38.8 Å². The first-order valence-electron chi connectivity index (χ1n) is 9.94. The van der Waals surface area contributed by atoms with Gasteiger partial charge in [0, 0.05) is 28.2 Å². The molecule has 0 fully saturated rings. The molecule has 0 aliphatic rings. The van der Waals surface area contributed by atoms with Crippen LogP contribution in [-0.4, -0.2) is 57.4 Å². The fraction of sp³-hybridized carbons (Fsp3) is 0.421. The summed E-state index contributed by atoms with van der Waals surface area (Å²) in [6.07, 6.45) is 0.400. The van der Waals surface area contributed by atoms with Gasteiger partial charge >= 0.3 is 11.4 Å². The Morgan fingerprint density at radius 3 is 2.26 bits per heavy atom. The number of aliphatic hydroxyl groups is 1. The molecule has 3 aromatic rings.